The molecule has 1 aromatic rings. The summed E-state index contributed by atoms with van der Waals surface area (Å²) in [5, 5.41) is 13.0. The number of hydrogen-bond donors (Lipinski definition) is 3. The van der Waals surface area contributed by atoms with Crippen molar-refractivity contribution in [2.24, 2.45) is 0 Å². The minimum Gasteiger partial charge on any atom is -0.386 e. The second-order valence-corrected chi connectivity index (χ2v) is 3.64. The van der Waals surface area contributed by atoms with E-state index in [0.717, 1.165) is 10.6 Å². The maximum absolute atomic E-state index is 9.57. The average molecular weight is 187 g/mol. The number of nitrogen functional groups attached to an aromatic ring is 1. The number of hydrogen-bond acceptors (Lipinski definition) is 5. The van der Waals surface area contributed by atoms with Crippen molar-refractivity contribution in [1.29, 1.82) is 0 Å². The van der Waals surface area contributed by atoms with Crippen LogP contribution < -0.4 is 11.1 Å². The molecule has 0 saturated heterocycles. The molecule has 1 aromatic heterocycles. The molecule has 4 nitrogen and oxygen atoms in total. The fraction of sp³-hybridized carbons (Fsp3) is 0.571. The van der Waals surface area contributed by atoms with Gasteiger partial charge in [-0.05, 0) is 14.0 Å². The number of anilines is 1. The molecule has 0 aromatic carbocycles. The van der Waals surface area contributed by atoms with Crippen LogP contribution in [-0.2, 0) is 0 Å². The van der Waals surface area contributed by atoms with Crippen molar-refractivity contribution in [3.05, 3.63) is 10.6 Å². The average Bonchev–Trinajstić information content (AvgIpc) is 2.30. The molecule has 0 aliphatic rings. The number of aliphatic hydroxyl groups excluding tert-OH is 1. The molecule has 0 aliphatic heterocycles. The van der Waals surface area contributed by atoms with Gasteiger partial charge in [-0.1, -0.05) is 11.3 Å². The molecule has 0 fully saturated rings. The monoisotopic (exact) mass is 187 g/mol. The Morgan fingerprint density at radius 3 is 2.83 bits per heavy atom. The number of aromatic nitrogens is 1. The lowest BCUT2D eigenvalue weighted by Crippen LogP contribution is -2.16. The van der Waals surface area contributed by atoms with Gasteiger partial charge in [0.15, 0.2) is 5.13 Å². The van der Waals surface area contributed by atoms with E-state index < -0.39 is 6.10 Å². The van der Waals surface area contributed by atoms with E-state index in [2.05, 4.69) is 10.3 Å². The zero-order valence-electron chi connectivity index (χ0n) is 7.16. The summed E-state index contributed by atoms with van der Waals surface area (Å²) in [6, 6.07) is 0. The summed E-state index contributed by atoms with van der Waals surface area (Å²) in [5.74, 6) is 0. The number of thiazole rings is 1. The third-order valence-electron chi connectivity index (χ3n) is 1.55. The summed E-state index contributed by atoms with van der Waals surface area (Å²) in [4.78, 5) is 4.87. The molecule has 12 heavy (non-hydrogen) atoms. The first-order valence-electron chi connectivity index (χ1n) is 3.70. The molecule has 0 spiro atoms. The Morgan fingerprint density at radius 1 is 1.75 bits per heavy atom. The van der Waals surface area contributed by atoms with E-state index in [-0.39, 0.29) is 0 Å². The van der Waals surface area contributed by atoms with Gasteiger partial charge in [-0.2, -0.15) is 0 Å². The summed E-state index contributed by atoms with van der Waals surface area (Å²) >= 11 is 1.34. The molecule has 5 heteroatoms. The molecule has 1 rings (SSSR count). The van der Waals surface area contributed by atoms with Crippen molar-refractivity contribution in [2.45, 2.75) is 13.0 Å². The first-order chi connectivity index (χ1) is 5.65. The predicted molar refractivity (Wildman–Crippen MR) is 50.1 cm³/mol. The van der Waals surface area contributed by atoms with Crippen molar-refractivity contribution >= 4 is 16.5 Å². The normalized spacial score (nSPS) is 13.2. The number of aryl methyl sites for hydroxylation is 1. The van der Waals surface area contributed by atoms with Crippen LogP contribution in [0.5, 0.6) is 0 Å². The summed E-state index contributed by atoms with van der Waals surface area (Å²) in [6.45, 7) is 2.38. The molecular formula is C7H13N3OS. The smallest absolute Gasteiger partial charge is 0.180 e. The number of likely N-dealkylation sites (N-methyl/N-ethyl adjacent to an activating group) is 1. The molecule has 0 amide bonds. The van der Waals surface area contributed by atoms with Gasteiger partial charge in [0.2, 0.25) is 0 Å². The minimum absolute atomic E-state index is 0.496. The lowest BCUT2D eigenvalue weighted by atomic mass is 10.2. The highest BCUT2D eigenvalue weighted by atomic mass is 32.1. The standard InChI is InChI=1S/C7H13N3OS/c1-4-6(5(11)3-9-2)12-7(8)10-4/h5,9,11H,3H2,1-2H3,(H2,8,10). The zero-order valence-corrected chi connectivity index (χ0v) is 7.98. The molecule has 68 valence electrons. The van der Waals surface area contributed by atoms with Crippen molar-refractivity contribution in [3.8, 4) is 0 Å². The van der Waals surface area contributed by atoms with Crippen molar-refractivity contribution in [3.63, 3.8) is 0 Å². The number of rotatable bonds is 3. The van der Waals surface area contributed by atoms with Crippen LogP contribution in [0.2, 0.25) is 0 Å². The van der Waals surface area contributed by atoms with E-state index in [0.29, 0.717) is 11.7 Å². The van der Waals surface area contributed by atoms with Gasteiger partial charge in [-0.3, -0.25) is 0 Å². The van der Waals surface area contributed by atoms with Gasteiger partial charge in [-0.25, -0.2) is 4.98 Å². The first kappa shape index (κ1) is 9.44. The van der Waals surface area contributed by atoms with Gasteiger partial charge in [0.1, 0.15) is 6.10 Å². The van der Waals surface area contributed by atoms with Crippen LogP contribution in [0.3, 0.4) is 0 Å². The number of nitrogens with two attached hydrogens (primary N) is 1. The third kappa shape index (κ3) is 1.94. The van der Waals surface area contributed by atoms with E-state index in [1.54, 1.807) is 7.05 Å². The molecular weight excluding hydrogens is 174 g/mol. The van der Waals surface area contributed by atoms with Crippen LogP contribution in [0.1, 0.15) is 16.7 Å². The van der Waals surface area contributed by atoms with Crippen LogP contribution in [0, 0.1) is 6.92 Å². The molecule has 1 atom stereocenters. The molecule has 4 N–H and O–H groups in total. The van der Waals surface area contributed by atoms with Crippen LogP contribution >= 0.6 is 11.3 Å². The van der Waals surface area contributed by atoms with Crippen LogP contribution in [0.15, 0.2) is 0 Å². The highest BCUT2D eigenvalue weighted by Crippen LogP contribution is 2.25. The fourth-order valence-electron chi connectivity index (χ4n) is 1.02. The van der Waals surface area contributed by atoms with Crippen molar-refractivity contribution < 1.29 is 5.11 Å². The van der Waals surface area contributed by atoms with E-state index in [1.807, 2.05) is 6.92 Å². The molecule has 1 unspecified atom stereocenters. The van der Waals surface area contributed by atoms with Crippen LogP contribution in [0.25, 0.3) is 0 Å². The van der Waals surface area contributed by atoms with Gasteiger partial charge in [0.25, 0.3) is 0 Å². The second-order valence-electron chi connectivity index (χ2n) is 2.58. The van der Waals surface area contributed by atoms with Crippen molar-refractivity contribution in [1.82, 2.24) is 10.3 Å². The summed E-state index contributed by atoms with van der Waals surface area (Å²) < 4.78 is 0. The highest BCUT2D eigenvalue weighted by molar-refractivity contribution is 7.15. The molecule has 0 saturated carbocycles. The zero-order chi connectivity index (χ0) is 9.14. The Kier molecular flexibility index (Phi) is 3.02. The highest BCUT2D eigenvalue weighted by Gasteiger charge is 2.13. The Morgan fingerprint density at radius 2 is 2.42 bits per heavy atom. The van der Waals surface area contributed by atoms with Gasteiger partial charge >= 0.3 is 0 Å². The van der Waals surface area contributed by atoms with Crippen molar-refractivity contribution in [2.75, 3.05) is 19.3 Å². The number of nitrogens with one attached hydrogen (secondary N) is 1. The van der Waals surface area contributed by atoms with E-state index in [4.69, 9.17) is 5.73 Å². The second kappa shape index (κ2) is 3.84. The van der Waals surface area contributed by atoms with Gasteiger partial charge in [-0.15, -0.1) is 0 Å². The summed E-state index contributed by atoms with van der Waals surface area (Å²) in [7, 11) is 1.79. The quantitative estimate of drug-likeness (QED) is 0.636. The molecule has 0 radical (unpaired) electrons. The molecule has 0 bridgehead atoms. The number of nitrogens with zero attached hydrogens (tertiary/aromatic N) is 1. The predicted octanol–water partition coefficient (Wildman–Crippen LogP) is 0.287. The fourth-order valence-corrected chi connectivity index (χ4v) is 1.85. The van der Waals surface area contributed by atoms with Crippen LogP contribution in [-0.4, -0.2) is 23.7 Å². The van der Waals surface area contributed by atoms with Gasteiger partial charge in [0.05, 0.1) is 10.6 Å². The van der Waals surface area contributed by atoms with E-state index >= 15 is 0 Å². The maximum atomic E-state index is 9.57. The lowest BCUT2D eigenvalue weighted by molar-refractivity contribution is 0.180. The summed E-state index contributed by atoms with van der Waals surface area (Å²) in [5.41, 5.74) is 6.31. The van der Waals surface area contributed by atoms with Gasteiger partial charge in [0, 0.05) is 6.54 Å². The van der Waals surface area contributed by atoms with E-state index in [9.17, 15) is 5.11 Å². The first-order valence-corrected chi connectivity index (χ1v) is 4.52. The molecule has 1 heterocycles. The largest absolute Gasteiger partial charge is 0.386 e. The Bertz CT molecular complexity index is 261. The SMILES string of the molecule is CNCC(O)c1sc(N)nc1C. The maximum Gasteiger partial charge on any atom is 0.180 e. The Hall–Kier alpha value is -0.650. The van der Waals surface area contributed by atoms with Crippen LogP contribution in [0.4, 0.5) is 5.13 Å². The van der Waals surface area contributed by atoms with Gasteiger partial charge < -0.3 is 16.2 Å². The number of aliphatic hydroxyl groups is 1. The topological polar surface area (TPSA) is 71.2 Å². The third-order valence-corrected chi connectivity index (χ3v) is 2.64. The Balaban J connectivity index is 2.79. The van der Waals surface area contributed by atoms with E-state index in [1.165, 1.54) is 11.3 Å². The molecule has 0 aliphatic carbocycles. The lowest BCUT2D eigenvalue weighted by Gasteiger charge is -2.06. The summed E-state index contributed by atoms with van der Waals surface area (Å²) in [6.07, 6.45) is -0.496. The Labute approximate surface area is 75.4 Å². The minimum atomic E-state index is -0.496.